The van der Waals surface area contributed by atoms with E-state index in [1.165, 1.54) is 17.0 Å². The van der Waals surface area contributed by atoms with Gasteiger partial charge >= 0.3 is 0 Å². The van der Waals surface area contributed by atoms with E-state index < -0.39 is 0 Å². The van der Waals surface area contributed by atoms with Crippen molar-refractivity contribution in [3.8, 4) is 0 Å². The maximum absolute atomic E-state index is 12.6. The zero-order chi connectivity index (χ0) is 20.1. The SMILES string of the molecule is C[C@H](c1cccc(NC(=O)c2ccccc2)c1)N(C)C(=O)c1ccc(=O)[nH]n1. The molecule has 1 atom stereocenters. The molecule has 1 heterocycles. The lowest BCUT2D eigenvalue weighted by molar-refractivity contribution is 0.0735. The van der Waals surface area contributed by atoms with Crippen molar-refractivity contribution in [1.82, 2.24) is 15.1 Å². The molecule has 7 nitrogen and oxygen atoms in total. The fraction of sp³-hybridized carbons (Fsp3) is 0.143. The van der Waals surface area contributed by atoms with E-state index in [0.29, 0.717) is 11.3 Å². The highest BCUT2D eigenvalue weighted by Crippen LogP contribution is 2.23. The number of benzene rings is 2. The molecule has 0 saturated carbocycles. The normalized spacial score (nSPS) is 11.5. The number of hydrogen-bond donors (Lipinski definition) is 2. The minimum absolute atomic E-state index is 0.155. The average Bonchev–Trinajstić information content (AvgIpc) is 2.73. The first kappa shape index (κ1) is 19.0. The number of nitrogens with zero attached hydrogens (tertiary/aromatic N) is 2. The summed E-state index contributed by atoms with van der Waals surface area (Å²) in [5, 5.41) is 8.91. The number of nitrogens with one attached hydrogen (secondary N) is 2. The number of aromatic amines is 1. The number of anilines is 1. The van der Waals surface area contributed by atoms with E-state index in [0.717, 1.165) is 5.56 Å². The second kappa shape index (κ2) is 8.30. The third-order valence-corrected chi connectivity index (χ3v) is 4.46. The minimum atomic E-state index is -0.367. The topological polar surface area (TPSA) is 95.2 Å². The molecule has 0 fully saturated rings. The van der Waals surface area contributed by atoms with Gasteiger partial charge in [-0.15, -0.1) is 0 Å². The van der Waals surface area contributed by atoms with Crippen molar-refractivity contribution >= 4 is 17.5 Å². The summed E-state index contributed by atoms with van der Waals surface area (Å²) in [6.07, 6.45) is 0. The molecule has 2 aromatic carbocycles. The fourth-order valence-electron chi connectivity index (χ4n) is 2.71. The van der Waals surface area contributed by atoms with Gasteiger partial charge in [-0.2, -0.15) is 5.10 Å². The van der Waals surface area contributed by atoms with Gasteiger partial charge in [0.25, 0.3) is 17.4 Å². The zero-order valence-corrected chi connectivity index (χ0v) is 15.5. The number of amides is 2. The minimum Gasteiger partial charge on any atom is -0.334 e. The highest BCUT2D eigenvalue weighted by Gasteiger charge is 2.20. The summed E-state index contributed by atoms with van der Waals surface area (Å²) in [5.74, 6) is -0.519. The van der Waals surface area contributed by atoms with Crippen LogP contribution in [0.15, 0.2) is 71.5 Å². The van der Waals surface area contributed by atoms with Crippen LogP contribution in [-0.2, 0) is 0 Å². The molecule has 28 heavy (non-hydrogen) atoms. The van der Waals surface area contributed by atoms with E-state index in [-0.39, 0.29) is 29.1 Å². The molecule has 0 spiro atoms. The van der Waals surface area contributed by atoms with Crippen LogP contribution in [0.4, 0.5) is 5.69 Å². The third-order valence-electron chi connectivity index (χ3n) is 4.46. The number of carbonyl (C=O) groups excluding carboxylic acids is 2. The van der Waals surface area contributed by atoms with Crippen molar-refractivity contribution < 1.29 is 9.59 Å². The van der Waals surface area contributed by atoms with E-state index in [4.69, 9.17) is 0 Å². The lowest BCUT2D eigenvalue weighted by atomic mass is 10.1. The van der Waals surface area contributed by atoms with Gasteiger partial charge in [-0.3, -0.25) is 14.4 Å². The molecule has 0 aliphatic rings. The Morgan fingerprint density at radius 2 is 1.79 bits per heavy atom. The van der Waals surface area contributed by atoms with Gasteiger partial charge in [0.05, 0.1) is 6.04 Å². The number of H-pyrrole nitrogens is 1. The van der Waals surface area contributed by atoms with Crippen LogP contribution in [0, 0.1) is 0 Å². The molecule has 0 saturated heterocycles. The Morgan fingerprint density at radius 3 is 2.46 bits per heavy atom. The molecule has 2 amide bonds. The summed E-state index contributed by atoms with van der Waals surface area (Å²) in [6, 6.07) is 18.7. The van der Waals surface area contributed by atoms with Gasteiger partial charge in [0.1, 0.15) is 5.69 Å². The number of carbonyl (C=O) groups is 2. The quantitative estimate of drug-likeness (QED) is 0.716. The summed E-state index contributed by atoms with van der Waals surface area (Å²) in [6.45, 7) is 1.88. The lowest BCUT2D eigenvalue weighted by Crippen LogP contribution is -2.31. The summed E-state index contributed by atoms with van der Waals surface area (Å²) in [4.78, 5) is 37.6. The number of aromatic nitrogens is 2. The fourth-order valence-corrected chi connectivity index (χ4v) is 2.71. The number of rotatable bonds is 5. The van der Waals surface area contributed by atoms with Crippen LogP contribution in [0.1, 0.15) is 39.4 Å². The maximum Gasteiger partial charge on any atom is 0.274 e. The van der Waals surface area contributed by atoms with Crippen molar-refractivity contribution in [3.63, 3.8) is 0 Å². The molecule has 142 valence electrons. The van der Waals surface area contributed by atoms with Crippen molar-refractivity contribution in [2.75, 3.05) is 12.4 Å². The summed E-state index contributed by atoms with van der Waals surface area (Å²) >= 11 is 0. The Morgan fingerprint density at radius 1 is 1.04 bits per heavy atom. The molecule has 0 unspecified atom stereocenters. The summed E-state index contributed by atoms with van der Waals surface area (Å²) < 4.78 is 0. The summed E-state index contributed by atoms with van der Waals surface area (Å²) in [5.41, 5.74) is 1.85. The molecule has 3 aromatic rings. The summed E-state index contributed by atoms with van der Waals surface area (Å²) in [7, 11) is 1.66. The Balaban J connectivity index is 1.75. The van der Waals surface area contributed by atoms with E-state index in [9.17, 15) is 14.4 Å². The van der Waals surface area contributed by atoms with Crippen molar-refractivity contribution in [2.24, 2.45) is 0 Å². The molecule has 0 aliphatic carbocycles. The van der Waals surface area contributed by atoms with Gasteiger partial charge < -0.3 is 10.2 Å². The van der Waals surface area contributed by atoms with Crippen LogP contribution in [-0.4, -0.2) is 34.0 Å². The van der Waals surface area contributed by atoms with Crippen LogP contribution < -0.4 is 10.9 Å². The van der Waals surface area contributed by atoms with Gasteiger partial charge in [-0.25, -0.2) is 5.10 Å². The first-order chi connectivity index (χ1) is 13.5. The van der Waals surface area contributed by atoms with Gasteiger partial charge in [0.15, 0.2) is 0 Å². The highest BCUT2D eigenvalue weighted by molar-refractivity contribution is 6.04. The van der Waals surface area contributed by atoms with E-state index in [1.54, 1.807) is 37.4 Å². The molecule has 3 rings (SSSR count). The zero-order valence-electron chi connectivity index (χ0n) is 15.5. The predicted molar refractivity (Wildman–Crippen MR) is 106 cm³/mol. The van der Waals surface area contributed by atoms with Crippen LogP contribution in [0.5, 0.6) is 0 Å². The smallest absolute Gasteiger partial charge is 0.274 e. The third kappa shape index (κ3) is 4.32. The van der Waals surface area contributed by atoms with E-state index in [1.807, 2.05) is 31.2 Å². The van der Waals surface area contributed by atoms with E-state index >= 15 is 0 Å². The largest absolute Gasteiger partial charge is 0.334 e. The first-order valence-corrected chi connectivity index (χ1v) is 8.75. The van der Waals surface area contributed by atoms with Crippen LogP contribution in [0.3, 0.4) is 0 Å². The molecule has 0 radical (unpaired) electrons. The molecule has 2 N–H and O–H groups in total. The van der Waals surface area contributed by atoms with Crippen LogP contribution >= 0.6 is 0 Å². The molecule has 0 aliphatic heterocycles. The Labute approximate surface area is 162 Å². The standard InChI is InChI=1S/C21H20N4O3/c1-14(25(2)21(28)18-11-12-19(26)24-23-18)16-9-6-10-17(13-16)22-20(27)15-7-4-3-5-8-15/h3-14H,1-2H3,(H,22,27)(H,24,26)/t14-/m1/s1. The Kier molecular flexibility index (Phi) is 5.64. The van der Waals surface area contributed by atoms with Crippen molar-refractivity contribution in [2.45, 2.75) is 13.0 Å². The molecule has 0 bridgehead atoms. The molecular formula is C21H20N4O3. The van der Waals surface area contributed by atoms with Crippen molar-refractivity contribution in [1.29, 1.82) is 0 Å². The second-order valence-corrected chi connectivity index (χ2v) is 6.34. The molecule has 1 aromatic heterocycles. The molecule has 7 heteroatoms. The van der Waals surface area contributed by atoms with Crippen molar-refractivity contribution in [3.05, 3.63) is 93.9 Å². The first-order valence-electron chi connectivity index (χ1n) is 8.75. The highest BCUT2D eigenvalue weighted by atomic mass is 16.2. The van der Waals surface area contributed by atoms with Gasteiger partial charge in [0, 0.05) is 24.4 Å². The lowest BCUT2D eigenvalue weighted by Gasteiger charge is -2.25. The Hall–Kier alpha value is -3.74. The Bertz CT molecular complexity index is 1030. The van der Waals surface area contributed by atoms with Gasteiger partial charge in [0.2, 0.25) is 0 Å². The van der Waals surface area contributed by atoms with Crippen LogP contribution in [0.2, 0.25) is 0 Å². The monoisotopic (exact) mass is 376 g/mol. The van der Waals surface area contributed by atoms with E-state index in [2.05, 4.69) is 15.5 Å². The maximum atomic E-state index is 12.6. The number of hydrogen-bond acceptors (Lipinski definition) is 4. The molecular weight excluding hydrogens is 356 g/mol. The van der Waals surface area contributed by atoms with Gasteiger partial charge in [-0.1, -0.05) is 30.3 Å². The van der Waals surface area contributed by atoms with Crippen LogP contribution in [0.25, 0.3) is 0 Å². The van der Waals surface area contributed by atoms with Gasteiger partial charge in [-0.05, 0) is 42.8 Å². The average molecular weight is 376 g/mol. The second-order valence-electron chi connectivity index (χ2n) is 6.34. The predicted octanol–water partition coefficient (Wildman–Crippen LogP) is 2.86.